The molecule has 0 aliphatic rings. The zero-order chi connectivity index (χ0) is 28.4. The van der Waals surface area contributed by atoms with E-state index < -0.39 is 45.3 Å². The quantitative estimate of drug-likeness (QED) is 0.277. The minimum absolute atomic E-state index is 0.0418. The molecule has 0 saturated heterocycles. The molecule has 0 fully saturated rings. The number of aryl methyl sites for hydroxylation is 2. The fourth-order valence-electron chi connectivity index (χ4n) is 4.31. The lowest BCUT2D eigenvalue weighted by Crippen LogP contribution is -2.49. The van der Waals surface area contributed by atoms with Gasteiger partial charge in [-0.25, -0.2) is 17.2 Å². The third-order valence-corrected chi connectivity index (χ3v) is 8.25. The molecule has 3 N–H and O–H groups in total. The molecule has 0 bridgehead atoms. The Hall–Kier alpha value is -3.14. The fraction of sp³-hybridized carbons (Fsp3) is 0.367. The van der Waals surface area contributed by atoms with Crippen LogP contribution in [0.5, 0.6) is 0 Å². The van der Waals surface area contributed by atoms with Gasteiger partial charge in [-0.2, -0.15) is 0 Å². The Labute approximate surface area is 229 Å². The maximum Gasteiger partial charge on any atom is 0.221 e. The van der Waals surface area contributed by atoms with Gasteiger partial charge in [0, 0.05) is 25.6 Å². The second-order valence-corrected chi connectivity index (χ2v) is 11.7. The van der Waals surface area contributed by atoms with Gasteiger partial charge in [-0.05, 0) is 65.8 Å². The van der Waals surface area contributed by atoms with Crippen LogP contribution < -0.4 is 10.6 Å². The summed E-state index contributed by atoms with van der Waals surface area (Å²) < 4.78 is 53.2. The number of nitrogens with one attached hydrogen (secondary N) is 2. The third-order valence-electron chi connectivity index (χ3n) is 6.53. The molecule has 210 valence electrons. The second-order valence-electron chi connectivity index (χ2n) is 9.60. The molecule has 3 aromatic rings. The molecule has 0 saturated carbocycles. The number of rotatable bonds is 14. The first-order valence-electron chi connectivity index (χ1n) is 13.1. The van der Waals surface area contributed by atoms with E-state index in [1.54, 1.807) is 12.1 Å². The summed E-state index contributed by atoms with van der Waals surface area (Å²) in [6, 6.07) is 16.7. The molecule has 0 aromatic heterocycles. The van der Waals surface area contributed by atoms with Crippen molar-refractivity contribution in [2.24, 2.45) is 0 Å². The van der Waals surface area contributed by atoms with Gasteiger partial charge in [-0.15, -0.1) is 0 Å². The first-order valence-corrected chi connectivity index (χ1v) is 14.8. The van der Waals surface area contributed by atoms with Crippen LogP contribution >= 0.6 is 0 Å². The van der Waals surface area contributed by atoms with Gasteiger partial charge in [0.25, 0.3) is 0 Å². The topological polar surface area (TPSA) is 95.5 Å². The minimum atomic E-state index is -3.70. The van der Waals surface area contributed by atoms with Crippen LogP contribution in [0.15, 0.2) is 71.6 Å². The highest BCUT2D eigenvalue weighted by Crippen LogP contribution is 2.16. The van der Waals surface area contributed by atoms with Crippen LogP contribution in [0.3, 0.4) is 0 Å². The fourth-order valence-corrected chi connectivity index (χ4v) is 5.62. The monoisotopic (exact) mass is 558 g/mol. The molecule has 9 heteroatoms. The molecule has 6 nitrogen and oxygen atoms in total. The van der Waals surface area contributed by atoms with Gasteiger partial charge in [-0.1, -0.05) is 50.2 Å². The number of halogens is 2. The summed E-state index contributed by atoms with van der Waals surface area (Å²) in [6.45, 7) is 4.56. The molecule has 0 spiro atoms. The molecule has 2 atom stereocenters. The van der Waals surface area contributed by atoms with Crippen molar-refractivity contribution in [3.8, 4) is 0 Å². The average molecular weight is 559 g/mol. The van der Waals surface area contributed by atoms with E-state index >= 15 is 0 Å². The molecule has 0 radical (unpaired) electrons. The van der Waals surface area contributed by atoms with E-state index in [0.29, 0.717) is 13.0 Å². The van der Waals surface area contributed by atoms with Crippen LogP contribution in [-0.4, -0.2) is 43.9 Å². The van der Waals surface area contributed by atoms with Gasteiger partial charge in [0.2, 0.25) is 5.91 Å². The number of amides is 1. The zero-order valence-corrected chi connectivity index (χ0v) is 23.1. The standard InChI is InChI=1S/C30H36F2N2O4S/c1-3-21-7-5-9-23(13-21)19-33-20-29(35)28(17-24-14-25(31)18-26(32)15-24)34-30(36)11-12-39(37,38)27-10-6-8-22(4-2)16-27/h5-10,13-16,18,28-29,33,35H,3-4,11-12,17,19-20H2,1-2H3,(H,34,36)/t28-,29+/m0/s1. The maximum atomic E-state index is 13.8. The van der Waals surface area contributed by atoms with Crippen molar-refractivity contribution in [2.75, 3.05) is 12.3 Å². The predicted molar refractivity (Wildman–Crippen MR) is 148 cm³/mol. The van der Waals surface area contributed by atoms with E-state index in [1.165, 1.54) is 11.6 Å². The highest BCUT2D eigenvalue weighted by atomic mass is 32.2. The summed E-state index contributed by atoms with van der Waals surface area (Å²) in [5, 5.41) is 16.8. The molecule has 0 heterocycles. The third kappa shape index (κ3) is 9.53. The van der Waals surface area contributed by atoms with E-state index in [9.17, 15) is 27.1 Å². The molecule has 3 rings (SSSR count). The van der Waals surface area contributed by atoms with Crippen molar-refractivity contribution < 1.29 is 27.1 Å². The van der Waals surface area contributed by atoms with Crippen molar-refractivity contribution in [3.63, 3.8) is 0 Å². The van der Waals surface area contributed by atoms with E-state index in [4.69, 9.17) is 0 Å². The highest BCUT2D eigenvalue weighted by Gasteiger charge is 2.24. The van der Waals surface area contributed by atoms with Crippen LogP contribution in [0.25, 0.3) is 0 Å². The molecule has 1 amide bonds. The summed E-state index contributed by atoms with van der Waals surface area (Å²) in [4.78, 5) is 12.9. The van der Waals surface area contributed by atoms with Crippen molar-refractivity contribution in [3.05, 3.63) is 101 Å². The molecule has 0 aliphatic heterocycles. The molecular formula is C30H36F2N2O4S. The molecule has 0 unspecified atom stereocenters. The summed E-state index contributed by atoms with van der Waals surface area (Å²) in [7, 11) is -3.70. The first-order chi connectivity index (χ1) is 18.6. The number of benzene rings is 3. The smallest absolute Gasteiger partial charge is 0.221 e. The largest absolute Gasteiger partial charge is 0.390 e. The van der Waals surface area contributed by atoms with Gasteiger partial charge >= 0.3 is 0 Å². The minimum Gasteiger partial charge on any atom is -0.390 e. The van der Waals surface area contributed by atoms with Gasteiger partial charge < -0.3 is 15.7 Å². The lowest BCUT2D eigenvalue weighted by molar-refractivity contribution is -0.122. The van der Waals surface area contributed by atoms with Crippen molar-refractivity contribution in [1.29, 1.82) is 0 Å². The van der Waals surface area contributed by atoms with Crippen LogP contribution in [0.2, 0.25) is 0 Å². The average Bonchev–Trinajstić information content (AvgIpc) is 2.91. The van der Waals surface area contributed by atoms with Crippen molar-refractivity contribution in [2.45, 2.75) is 63.1 Å². The summed E-state index contributed by atoms with van der Waals surface area (Å²) in [5.41, 5.74) is 3.35. The number of carbonyl (C=O) groups is 1. The maximum absolute atomic E-state index is 13.8. The second kappa shape index (κ2) is 14.3. The van der Waals surface area contributed by atoms with Crippen molar-refractivity contribution in [1.82, 2.24) is 10.6 Å². The van der Waals surface area contributed by atoms with E-state index in [1.807, 2.05) is 31.2 Å². The normalized spacial score (nSPS) is 13.2. The number of hydrogen-bond acceptors (Lipinski definition) is 5. The molecule has 0 aliphatic carbocycles. The van der Waals surface area contributed by atoms with Gasteiger partial charge in [0.15, 0.2) is 9.84 Å². The van der Waals surface area contributed by atoms with Crippen LogP contribution in [0.1, 0.15) is 42.5 Å². The van der Waals surface area contributed by atoms with Crippen LogP contribution in [0.4, 0.5) is 8.78 Å². The Kier molecular flexibility index (Phi) is 11.2. The van der Waals surface area contributed by atoms with E-state index in [-0.39, 0.29) is 29.8 Å². The Morgan fingerprint density at radius 2 is 1.49 bits per heavy atom. The first kappa shape index (κ1) is 30.4. The SMILES string of the molecule is CCc1cccc(CNC[C@@H](O)[C@H](Cc2cc(F)cc(F)c2)NC(=O)CCS(=O)(=O)c2cccc(CC)c2)c1. The number of hydrogen-bond donors (Lipinski definition) is 3. The molecule has 3 aromatic carbocycles. The van der Waals surface area contributed by atoms with Crippen LogP contribution in [0, 0.1) is 11.6 Å². The Morgan fingerprint density at radius 1 is 0.872 bits per heavy atom. The van der Waals surface area contributed by atoms with Gasteiger partial charge in [-0.3, -0.25) is 4.79 Å². The highest BCUT2D eigenvalue weighted by molar-refractivity contribution is 7.91. The molecular weight excluding hydrogens is 522 g/mol. The number of aliphatic hydroxyl groups is 1. The lowest BCUT2D eigenvalue weighted by Gasteiger charge is -2.25. The number of carbonyl (C=O) groups excluding carboxylic acids is 1. The van der Waals surface area contributed by atoms with Gasteiger partial charge in [0.1, 0.15) is 11.6 Å². The van der Waals surface area contributed by atoms with E-state index in [2.05, 4.69) is 23.6 Å². The number of aliphatic hydroxyl groups excluding tert-OH is 1. The lowest BCUT2D eigenvalue weighted by atomic mass is 10.0. The zero-order valence-electron chi connectivity index (χ0n) is 22.3. The Balaban J connectivity index is 1.66. The summed E-state index contributed by atoms with van der Waals surface area (Å²) in [6.07, 6.45) is 0.111. The Morgan fingerprint density at radius 3 is 2.15 bits per heavy atom. The van der Waals surface area contributed by atoms with E-state index in [0.717, 1.165) is 35.7 Å². The van der Waals surface area contributed by atoms with Crippen molar-refractivity contribution >= 4 is 15.7 Å². The predicted octanol–water partition coefficient (Wildman–Crippen LogP) is 4.13. The Bertz CT molecular complexity index is 1340. The molecule has 39 heavy (non-hydrogen) atoms. The van der Waals surface area contributed by atoms with Gasteiger partial charge in [0.05, 0.1) is 22.8 Å². The van der Waals surface area contributed by atoms with Crippen LogP contribution in [-0.2, 0) is 40.4 Å². The number of sulfone groups is 1. The summed E-state index contributed by atoms with van der Waals surface area (Å²) >= 11 is 0. The summed E-state index contributed by atoms with van der Waals surface area (Å²) in [5.74, 6) is -2.52.